The van der Waals surface area contributed by atoms with Gasteiger partial charge in [0, 0.05) is 31.2 Å². The van der Waals surface area contributed by atoms with Gasteiger partial charge in [-0.3, -0.25) is 14.7 Å². The lowest BCUT2D eigenvalue weighted by Gasteiger charge is -2.43. The van der Waals surface area contributed by atoms with Crippen molar-refractivity contribution >= 4 is 22.8 Å². The van der Waals surface area contributed by atoms with E-state index >= 15 is 0 Å². The highest BCUT2D eigenvalue weighted by atomic mass is 16.2. The van der Waals surface area contributed by atoms with E-state index < -0.39 is 0 Å². The Labute approximate surface area is 249 Å². The number of nitrogens with zero attached hydrogens (tertiary/aromatic N) is 5. The van der Waals surface area contributed by atoms with Gasteiger partial charge in [0.15, 0.2) is 0 Å². The molecule has 42 heavy (non-hydrogen) atoms. The summed E-state index contributed by atoms with van der Waals surface area (Å²) in [7, 11) is 0. The number of carbonyl (C=O) groups excluding carboxylic acids is 1. The molecular weight excluding hydrogens is 522 g/mol. The van der Waals surface area contributed by atoms with E-state index in [1.165, 1.54) is 83.1 Å². The SMILES string of the molecule is O=C(c1ccc(CN2CCC3(CCN(C4CCCCC4)CC3)C2)cc1)N(CC1=NCCN1)Cc1nc2ccccc2[nH]1. The standard InChI is InChI=1S/C34H45N7O/c42-33(41(23-31-35-17-18-36-31)24-32-37-29-8-4-5-9-30(29)38-32)27-12-10-26(11-13-27)22-39-19-14-34(25-39)15-20-40(21-16-34)28-6-2-1-3-7-28/h4-5,8-13,28H,1-3,6-7,14-25H2,(H,35,36)(H,37,38). The van der Waals surface area contributed by atoms with Gasteiger partial charge in [-0.25, -0.2) is 4.98 Å². The van der Waals surface area contributed by atoms with Crippen LogP contribution in [0.3, 0.4) is 0 Å². The van der Waals surface area contributed by atoms with E-state index in [4.69, 9.17) is 4.98 Å². The fraction of sp³-hybridized carbons (Fsp3) is 0.559. The molecule has 2 aromatic carbocycles. The number of para-hydroxylation sites is 2. The molecule has 4 aliphatic rings. The fourth-order valence-corrected chi connectivity index (χ4v) is 7.77. The predicted molar refractivity (Wildman–Crippen MR) is 168 cm³/mol. The van der Waals surface area contributed by atoms with Gasteiger partial charge in [0.25, 0.3) is 5.91 Å². The number of imidazole rings is 1. The molecule has 1 amide bonds. The second-order valence-electron chi connectivity index (χ2n) is 13.1. The van der Waals surface area contributed by atoms with E-state index in [0.717, 1.165) is 48.4 Å². The molecule has 8 nitrogen and oxygen atoms in total. The Bertz CT molecular complexity index is 1370. The van der Waals surface area contributed by atoms with Gasteiger partial charge in [0.05, 0.1) is 30.7 Å². The molecule has 2 N–H and O–H groups in total. The van der Waals surface area contributed by atoms with Crippen LogP contribution in [0.1, 0.15) is 73.1 Å². The predicted octanol–water partition coefficient (Wildman–Crippen LogP) is 4.83. The molecule has 1 saturated carbocycles. The molecule has 1 spiro atoms. The first-order chi connectivity index (χ1) is 20.6. The Kier molecular flexibility index (Phi) is 8.00. The van der Waals surface area contributed by atoms with Crippen LogP contribution in [-0.4, -0.2) is 88.3 Å². The molecule has 0 bridgehead atoms. The van der Waals surface area contributed by atoms with E-state index in [9.17, 15) is 4.79 Å². The number of aromatic amines is 1. The Morgan fingerprint density at radius 2 is 1.74 bits per heavy atom. The molecule has 0 unspecified atom stereocenters. The summed E-state index contributed by atoms with van der Waals surface area (Å²) in [6, 6.07) is 17.1. The van der Waals surface area contributed by atoms with Crippen LogP contribution in [0, 0.1) is 5.41 Å². The number of piperidine rings is 1. The van der Waals surface area contributed by atoms with Crippen molar-refractivity contribution in [2.75, 3.05) is 45.8 Å². The van der Waals surface area contributed by atoms with Gasteiger partial charge in [0.1, 0.15) is 11.7 Å². The zero-order chi connectivity index (χ0) is 28.4. The van der Waals surface area contributed by atoms with Crippen LogP contribution in [0.2, 0.25) is 0 Å². The molecule has 7 rings (SSSR count). The van der Waals surface area contributed by atoms with Gasteiger partial charge < -0.3 is 20.1 Å². The summed E-state index contributed by atoms with van der Waals surface area (Å²) < 4.78 is 0. The highest BCUT2D eigenvalue weighted by molar-refractivity contribution is 5.97. The second kappa shape index (κ2) is 12.2. The summed E-state index contributed by atoms with van der Waals surface area (Å²) in [5, 5.41) is 3.32. The third-order valence-electron chi connectivity index (χ3n) is 10.2. The summed E-state index contributed by atoms with van der Waals surface area (Å²) in [6.45, 7) is 8.39. The van der Waals surface area contributed by atoms with Crippen LogP contribution in [0.4, 0.5) is 0 Å². The topological polar surface area (TPSA) is 79.9 Å². The smallest absolute Gasteiger partial charge is 0.254 e. The average Bonchev–Trinajstić information content (AvgIpc) is 3.78. The summed E-state index contributed by atoms with van der Waals surface area (Å²) in [5.41, 5.74) is 4.41. The van der Waals surface area contributed by atoms with Crippen molar-refractivity contribution < 1.29 is 4.79 Å². The molecular formula is C34H45N7O. The van der Waals surface area contributed by atoms with Gasteiger partial charge in [-0.15, -0.1) is 0 Å². The van der Waals surface area contributed by atoms with Gasteiger partial charge >= 0.3 is 0 Å². The van der Waals surface area contributed by atoms with Gasteiger partial charge in [-0.1, -0.05) is 43.5 Å². The molecule has 3 fully saturated rings. The van der Waals surface area contributed by atoms with E-state index in [2.05, 4.69) is 37.2 Å². The molecule has 0 atom stereocenters. The number of amides is 1. The van der Waals surface area contributed by atoms with E-state index in [-0.39, 0.29) is 5.91 Å². The van der Waals surface area contributed by atoms with Crippen LogP contribution in [0.15, 0.2) is 53.5 Å². The highest BCUT2D eigenvalue weighted by Crippen LogP contribution is 2.42. The number of benzene rings is 2. The molecule has 3 aromatic rings. The Morgan fingerprint density at radius 1 is 0.952 bits per heavy atom. The third kappa shape index (κ3) is 6.11. The van der Waals surface area contributed by atoms with Crippen molar-refractivity contribution in [1.29, 1.82) is 0 Å². The Hall–Kier alpha value is -3.23. The number of likely N-dealkylation sites (tertiary alicyclic amines) is 2. The number of H-pyrrole nitrogens is 1. The maximum absolute atomic E-state index is 13.7. The van der Waals surface area contributed by atoms with E-state index in [0.29, 0.717) is 24.1 Å². The van der Waals surface area contributed by atoms with Crippen LogP contribution >= 0.6 is 0 Å². The molecule has 4 heterocycles. The van der Waals surface area contributed by atoms with Crippen molar-refractivity contribution in [3.8, 4) is 0 Å². The first-order valence-corrected chi connectivity index (χ1v) is 16.2. The number of carbonyl (C=O) groups is 1. The minimum atomic E-state index is 0.00302. The molecule has 8 heteroatoms. The maximum atomic E-state index is 13.7. The summed E-state index contributed by atoms with van der Waals surface area (Å²) in [5.74, 6) is 1.65. The average molecular weight is 568 g/mol. The van der Waals surface area contributed by atoms with Crippen LogP contribution in [0.25, 0.3) is 11.0 Å². The quantitative estimate of drug-likeness (QED) is 0.408. The lowest BCUT2D eigenvalue weighted by Crippen LogP contribution is -2.46. The number of fused-ring (bicyclic) bond motifs is 1. The molecule has 2 saturated heterocycles. The molecule has 3 aliphatic heterocycles. The molecule has 0 radical (unpaired) electrons. The number of amidine groups is 1. The number of rotatable bonds is 8. The Balaban J connectivity index is 0.968. The van der Waals surface area contributed by atoms with E-state index in [1.807, 2.05) is 41.3 Å². The zero-order valence-electron chi connectivity index (χ0n) is 24.9. The lowest BCUT2D eigenvalue weighted by molar-refractivity contribution is 0.0615. The molecule has 1 aliphatic carbocycles. The lowest BCUT2D eigenvalue weighted by atomic mass is 9.77. The summed E-state index contributed by atoms with van der Waals surface area (Å²) in [4.78, 5) is 33.7. The minimum Gasteiger partial charge on any atom is -0.370 e. The van der Waals surface area contributed by atoms with Crippen molar-refractivity contribution in [3.05, 3.63) is 65.5 Å². The fourth-order valence-electron chi connectivity index (χ4n) is 7.77. The summed E-state index contributed by atoms with van der Waals surface area (Å²) in [6.07, 6.45) is 11.2. The van der Waals surface area contributed by atoms with Crippen molar-refractivity contribution in [3.63, 3.8) is 0 Å². The Morgan fingerprint density at radius 3 is 2.50 bits per heavy atom. The first kappa shape index (κ1) is 27.6. The largest absolute Gasteiger partial charge is 0.370 e. The minimum absolute atomic E-state index is 0.00302. The van der Waals surface area contributed by atoms with Gasteiger partial charge in [0.2, 0.25) is 0 Å². The monoisotopic (exact) mass is 567 g/mol. The summed E-state index contributed by atoms with van der Waals surface area (Å²) >= 11 is 0. The second-order valence-corrected chi connectivity index (χ2v) is 13.1. The highest BCUT2D eigenvalue weighted by Gasteiger charge is 2.41. The van der Waals surface area contributed by atoms with Crippen molar-refractivity contribution in [2.24, 2.45) is 10.4 Å². The first-order valence-electron chi connectivity index (χ1n) is 16.2. The number of aliphatic imine (C=N–C) groups is 1. The van der Waals surface area contributed by atoms with Gasteiger partial charge in [-0.05, 0) is 87.0 Å². The molecule has 1 aromatic heterocycles. The van der Waals surface area contributed by atoms with E-state index in [1.54, 1.807) is 0 Å². The number of nitrogens with one attached hydrogen (secondary N) is 2. The zero-order valence-corrected chi connectivity index (χ0v) is 24.9. The number of aromatic nitrogens is 2. The maximum Gasteiger partial charge on any atom is 0.254 e. The van der Waals surface area contributed by atoms with Crippen molar-refractivity contribution in [2.45, 2.75) is 70.5 Å². The van der Waals surface area contributed by atoms with Crippen LogP contribution in [-0.2, 0) is 13.1 Å². The van der Waals surface area contributed by atoms with Crippen LogP contribution < -0.4 is 5.32 Å². The van der Waals surface area contributed by atoms with Crippen molar-refractivity contribution in [1.82, 2.24) is 30.0 Å². The van der Waals surface area contributed by atoms with Crippen LogP contribution in [0.5, 0.6) is 0 Å². The number of hydrogen-bond donors (Lipinski definition) is 2. The third-order valence-corrected chi connectivity index (χ3v) is 10.2. The van der Waals surface area contributed by atoms with Gasteiger partial charge in [-0.2, -0.15) is 0 Å². The molecule has 222 valence electrons. The normalized spacial score (nSPS) is 21.6. The number of hydrogen-bond acceptors (Lipinski definition) is 6.